The number of alkyl halides is 3. The predicted octanol–water partition coefficient (Wildman–Crippen LogP) is 4.77. The minimum Gasteiger partial charge on any atom is -0.373 e. The van der Waals surface area contributed by atoms with Gasteiger partial charge in [0.05, 0.1) is 22.5 Å². The Morgan fingerprint density at radius 2 is 1.96 bits per heavy atom. The van der Waals surface area contributed by atoms with E-state index in [0.717, 1.165) is 32.8 Å². The molecular weight excluding hydrogens is 385 g/mol. The number of nitrogens with two attached hydrogens (primary N) is 1. The van der Waals surface area contributed by atoms with E-state index < -0.39 is 11.7 Å². The normalized spacial score (nSPS) is 13.0. The van der Waals surface area contributed by atoms with Crippen molar-refractivity contribution < 1.29 is 13.2 Å². The Labute approximate surface area is 166 Å². The zero-order valence-corrected chi connectivity index (χ0v) is 16.8. The summed E-state index contributed by atoms with van der Waals surface area (Å²) in [6.45, 7) is 4.25. The number of thiophene rings is 1. The fourth-order valence-electron chi connectivity index (χ4n) is 3.36. The van der Waals surface area contributed by atoms with Gasteiger partial charge in [-0.3, -0.25) is 4.68 Å². The van der Waals surface area contributed by atoms with Crippen LogP contribution in [0, 0.1) is 13.8 Å². The summed E-state index contributed by atoms with van der Waals surface area (Å²) in [5, 5.41) is 8.48. The average molecular weight is 408 g/mol. The fourth-order valence-corrected chi connectivity index (χ4v) is 4.35. The van der Waals surface area contributed by atoms with Crippen LogP contribution in [0.1, 0.15) is 21.6 Å². The molecule has 0 bridgehead atoms. The van der Waals surface area contributed by atoms with Crippen LogP contribution in [0.15, 0.2) is 36.5 Å². The molecule has 2 heterocycles. The Morgan fingerprint density at radius 1 is 1.25 bits per heavy atom. The molecule has 1 aromatic carbocycles. The largest absolute Gasteiger partial charge is 0.416 e. The van der Waals surface area contributed by atoms with Crippen molar-refractivity contribution in [3.8, 4) is 11.3 Å². The van der Waals surface area contributed by atoms with Gasteiger partial charge >= 0.3 is 6.18 Å². The second kappa shape index (κ2) is 7.97. The molecule has 0 spiro atoms. The number of hydrogen-bond acceptors (Lipinski definition) is 4. The number of halogens is 3. The maximum atomic E-state index is 13.3. The van der Waals surface area contributed by atoms with Crippen molar-refractivity contribution >= 4 is 16.3 Å². The number of hydrogen-bond donors (Lipinski definition) is 2. The summed E-state index contributed by atoms with van der Waals surface area (Å²) in [7, 11) is 1.89. The third kappa shape index (κ3) is 4.23. The molecule has 0 aliphatic heterocycles. The minimum atomic E-state index is -4.38. The van der Waals surface area contributed by atoms with Gasteiger partial charge in [0.25, 0.3) is 0 Å². The average Bonchev–Trinajstić information content (AvgIpc) is 3.15. The van der Waals surface area contributed by atoms with Crippen LogP contribution in [0.5, 0.6) is 0 Å². The molecule has 3 aromatic rings. The highest BCUT2D eigenvalue weighted by atomic mass is 32.1. The van der Waals surface area contributed by atoms with Crippen LogP contribution < -0.4 is 11.1 Å². The van der Waals surface area contributed by atoms with Crippen molar-refractivity contribution in [2.24, 2.45) is 12.8 Å². The lowest BCUT2D eigenvalue weighted by Gasteiger charge is -2.20. The molecule has 0 amide bonds. The van der Waals surface area contributed by atoms with E-state index in [9.17, 15) is 13.2 Å². The highest BCUT2D eigenvalue weighted by Gasteiger charge is 2.33. The molecule has 8 heteroatoms. The molecule has 0 saturated carbocycles. The van der Waals surface area contributed by atoms with Crippen molar-refractivity contribution in [3.05, 3.63) is 58.1 Å². The minimum absolute atomic E-state index is 0.198. The molecule has 28 heavy (non-hydrogen) atoms. The molecule has 2 aromatic heterocycles. The lowest BCUT2D eigenvalue weighted by atomic mass is 10.00. The first kappa shape index (κ1) is 20.4. The quantitative estimate of drug-likeness (QED) is 0.618. The van der Waals surface area contributed by atoms with Gasteiger partial charge < -0.3 is 11.1 Å². The van der Waals surface area contributed by atoms with Gasteiger partial charge in [-0.2, -0.15) is 18.3 Å². The third-order valence-electron chi connectivity index (χ3n) is 4.71. The number of nitrogens with zero attached hydrogens (tertiary/aromatic N) is 2. The van der Waals surface area contributed by atoms with Gasteiger partial charge in [0, 0.05) is 30.1 Å². The maximum Gasteiger partial charge on any atom is 0.416 e. The molecule has 0 saturated heterocycles. The summed E-state index contributed by atoms with van der Waals surface area (Å²) in [5.41, 5.74) is 8.67. The summed E-state index contributed by atoms with van der Waals surface area (Å²) in [5.74, 6) is 0. The highest BCUT2D eigenvalue weighted by molar-refractivity contribution is 7.16. The molecule has 0 aliphatic carbocycles. The van der Waals surface area contributed by atoms with Gasteiger partial charge in [0.15, 0.2) is 0 Å². The molecule has 0 radical (unpaired) electrons. The number of rotatable bonds is 6. The van der Waals surface area contributed by atoms with Crippen LogP contribution >= 0.6 is 11.3 Å². The number of aromatic nitrogens is 2. The van der Waals surface area contributed by atoms with Gasteiger partial charge in [-0.05, 0) is 43.5 Å². The Balaban J connectivity index is 1.83. The summed E-state index contributed by atoms with van der Waals surface area (Å²) in [6.07, 6.45) is -2.36. The van der Waals surface area contributed by atoms with Crippen LogP contribution in [0.2, 0.25) is 0 Å². The SMILES string of the molecule is Cc1cnn(C)c1-c1cc(N[C@H](CN)Cc2ccccc2C(F)(F)F)sc1C. The van der Waals surface area contributed by atoms with Gasteiger partial charge in [-0.15, -0.1) is 11.3 Å². The van der Waals surface area contributed by atoms with Crippen molar-refractivity contribution in [2.75, 3.05) is 11.9 Å². The molecule has 3 rings (SSSR count). The maximum absolute atomic E-state index is 13.3. The number of aryl methyl sites for hydroxylation is 3. The van der Waals surface area contributed by atoms with E-state index in [1.807, 2.05) is 37.8 Å². The Kier molecular flexibility index (Phi) is 5.81. The smallest absolute Gasteiger partial charge is 0.373 e. The van der Waals surface area contributed by atoms with E-state index in [1.165, 1.54) is 12.1 Å². The van der Waals surface area contributed by atoms with Crippen molar-refractivity contribution in [2.45, 2.75) is 32.5 Å². The van der Waals surface area contributed by atoms with Gasteiger partial charge in [-0.1, -0.05) is 18.2 Å². The van der Waals surface area contributed by atoms with Crippen LogP contribution in [-0.4, -0.2) is 22.4 Å². The van der Waals surface area contributed by atoms with E-state index >= 15 is 0 Å². The Morgan fingerprint density at radius 3 is 2.57 bits per heavy atom. The molecule has 0 aliphatic rings. The molecular formula is C20H23F3N4S. The summed E-state index contributed by atoms with van der Waals surface area (Å²) in [6, 6.07) is 7.36. The Hall–Kier alpha value is -2.32. The van der Waals surface area contributed by atoms with Gasteiger partial charge in [-0.25, -0.2) is 0 Å². The molecule has 3 N–H and O–H groups in total. The van der Waals surface area contributed by atoms with E-state index in [-0.39, 0.29) is 24.6 Å². The molecule has 4 nitrogen and oxygen atoms in total. The van der Waals surface area contributed by atoms with Crippen LogP contribution in [-0.2, 0) is 19.6 Å². The summed E-state index contributed by atoms with van der Waals surface area (Å²) < 4.78 is 41.6. The van der Waals surface area contributed by atoms with E-state index in [4.69, 9.17) is 5.73 Å². The molecule has 150 valence electrons. The molecule has 0 unspecified atom stereocenters. The number of benzene rings is 1. The van der Waals surface area contributed by atoms with E-state index in [1.54, 1.807) is 17.4 Å². The van der Waals surface area contributed by atoms with E-state index in [0.29, 0.717) is 0 Å². The van der Waals surface area contributed by atoms with Crippen molar-refractivity contribution in [1.29, 1.82) is 0 Å². The molecule has 1 atom stereocenters. The topological polar surface area (TPSA) is 55.9 Å². The highest BCUT2D eigenvalue weighted by Crippen LogP contribution is 2.36. The molecule has 0 fully saturated rings. The zero-order valence-electron chi connectivity index (χ0n) is 16.0. The van der Waals surface area contributed by atoms with Crippen molar-refractivity contribution in [1.82, 2.24) is 9.78 Å². The first-order valence-electron chi connectivity index (χ1n) is 8.91. The summed E-state index contributed by atoms with van der Waals surface area (Å²) >= 11 is 1.56. The number of nitrogens with one attached hydrogen (secondary N) is 1. The van der Waals surface area contributed by atoms with E-state index in [2.05, 4.69) is 10.4 Å². The second-order valence-corrected chi connectivity index (χ2v) is 8.07. The van der Waals surface area contributed by atoms with Gasteiger partial charge in [0.2, 0.25) is 0 Å². The monoisotopic (exact) mass is 408 g/mol. The second-order valence-electron chi connectivity index (χ2n) is 6.82. The van der Waals surface area contributed by atoms with Crippen molar-refractivity contribution in [3.63, 3.8) is 0 Å². The first-order valence-corrected chi connectivity index (χ1v) is 9.73. The first-order chi connectivity index (χ1) is 13.2. The fraction of sp³-hybridized carbons (Fsp3) is 0.350. The van der Waals surface area contributed by atoms with Crippen LogP contribution in [0.4, 0.5) is 18.2 Å². The third-order valence-corrected chi connectivity index (χ3v) is 5.70. The van der Waals surface area contributed by atoms with Gasteiger partial charge in [0.1, 0.15) is 0 Å². The summed E-state index contributed by atoms with van der Waals surface area (Å²) in [4.78, 5) is 1.11. The predicted molar refractivity (Wildman–Crippen MR) is 108 cm³/mol. The van der Waals surface area contributed by atoms with Crippen LogP contribution in [0.3, 0.4) is 0 Å². The lowest BCUT2D eigenvalue weighted by Crippen LogP contribution is -2.31. The lowest BCUT2D eigenvalue weighted by molar-refractivity contribution is -0.138. The Bertz CT molecular complexity index is 939. The number of anilines is 1. The standard InChI is InChI=1S/C20H23F3N4S/c1-12-11-25-27(3)19(12)16-9-18(28-13(16)2)26-15(10-24)8-14-6-4-5-7-17(14)20(21,22)23/h4-7,9,11,15,26H,8,10,24H2,1-3H3/t15-/m0/s1. The zero-order chi connectivity index (χ0) is 20.5. The van der Waals surface area contributed by atoms with Crippen LogP contribution in [0.25, 0.3) is 11.3 Å².